The van der Waals surface area contributed by atoms with Crippen molar-refractivity contribution in [1.82, 2.24) is 0 Å². The van der Waals surface area contributed by atoms with Crippen LogP contribution < -0.4 is 10.6 Å². The van der Waals surface area contributed by atoms with Gasteiger partial charge in [0.15, 0.2) is 6.61 Å². The summed E-state index contributed by atoms with van der Waals surface area (Å²) in [5.74, 6) is -4.03. The van der Waals surface area contributed by atoms with E-state index in [9.17, 15) is 24.3 Å². The molecule has 1 aliphatic rings. The minimum atomic E-state index is -1.01. The summed E-state index contributed by atoms with van der Waals surface area (Å²) in [4.78, 5) is 47.9. The van der Waals surface area contributed by atoms with Crippen LogP contribution in [0.4, 0.5) is 11.4 Å². The highest BCUT2D eigenvalue weighted by molar-refractivity contribution is 6.30. The Morgan fingerprint density at radius 1 is 0.875 bits per heavy atom. The van der Waals surface area contributed by atoms with Crippen molar-refractivity contribution in [1.29, 1.82) is 0 Å². The maximum Gasteiger partial charge on any atom is 0.338 e. The van der Waals surface area contributed by atoms with E-state index in [1.54, 1.807) is 36.4 Å². The molecule has 0 spiro atoms. The molecule has 2 aromatic rings. The number of carboxylic acids is 1. The van der Waals surface area contributed by atoms with E-state index in [0.29, 0.717) is 29.2 Å². The van der Waals surface area contributed by atoms with Gasteiger partial charge in [-0.2, -0.15) is 0 Å². The summed E-state index contributed by atoms with van der Waals surface area (Å²) in [5, 5.41) is 15.1. The Hall–Kier alpha value is -3.65. The first-order valence-electron chi connectivity index (χ1n) is 9.85. The number of hydrogen-bond donors (Lipinski definition) is 3. The van der Waals surface area contributed by atoms with Gasteiger partial charge in [-0.25, -0.2) is 4.79 Å². The highest BCUT2D eigenvalue weighted by atomic mass is 35.5. The van der Waals surface area contributed by atoms with E-state index in [2.05, 4.69) is 10.6 Å². The molecule has 8 nitrogen and oxygen atoms in total. The van der Waals surface area contributed by atoms with E-state index in [-0.39, 0.29) is 5.56 Å². The van der Waals surface area contributed by atoms with Crippen LogP contribution in [-0.2, 0) is 19.1 Å². The summed E-state index contributed by atoms with van der Waals surface area (Å²) < 4.78 is 5.01. The van der Waals surface area contributed by atoms with Gasteiger partial charge >= 0.3 is 11.9 Å². The monoisotopic (exact) mass is 456 g/mol. The first-order chi connectivity index (χ1) is 15.3. The van der Waals surface area contributed by atoms with Crippen LogP contribution in [0.1, 0.15) is 23.2 Å². The van der Waals surface area contributed by atoms with Crippen molar-refractivity contribution in [2.24, 2.45) is 11.8 Å². The van der Waals surface area contributed by atoms with Crippen LogP contribution >= 0.6 is 11.6 Å². The second-order valence-electron chi connectivity index (χ2n) is 7.19. The molecule has 0 aliphatic heterocycles. The minimum absolute atomic E-state index is 0.200. The number of ether oxygens (including phenoxy) is 1. The van der Waals surface area contributed by atoms with Gasteiger partial charge in [-0.1, -0.05) is 23.8 Å². The Labute approximate surface area is 189 Å². The first kappa shape index (κ1) is 23.0. The van der Waals surface area contributed by atoms with Crippen molar-refractivity contribution >= 4 is 46.7 Å². The van der Waals surface area contributed by atoms with Crippen molar-refractivity contribution in [2.75, 3.05) is 17.2 Å². The molecule has 0 heterocycles. The zero-order chi connectivity index (χ0) is 23.1. The summed E-state index contributed by atoms with van der Waals surface area (Å²) in [6, 6.07) is 12.4. The fourth-order valence-electron chi connectivity index (χ4n) is 3.25. The van der Waals surface area contributed by atoms with Crippen LogP contribution in [0.25, 0.3) is 0 Å². The number of nitrogens with one attached hydrogen (secondary N) is 2. The molecule has 32 heavy (non-hydrogen) atoms. The smallest absolute Gasteiger partial charge is 0.338 e. The van der Waals surface area contributed by atoms with Crippen LogP contribution in [0.2, 0.25) is 5.02 Å². The van der Waals surface area contributed by atoms with E-state index in [1.807, 2.05) is 0 Å². The van der Waals surface area contributed by atoms with Crippen molar-refractivity contribution in [3.8, 4) is 0 Å². The molecule has 0 bridgehead atoms. The molecule has 0 aromatic heterocycles. The summed E-state index contributed by atoms with van der Waals surface area (Å²) in [7, 11) is 0. The Morgan fingerprint density at radius 3 is 2.06 bits per heavy atom. The Bertz CT molecular complexity index is 1030. The second kappa shape index (κ2) is 10.6. The fourth-order valence-corrected chi connectivity index (χ4v) is 3.37. The van der Waals surface area contributed by atoms with Crippen molar-refractivity contribution < 1.29 is 29.0 Å². The van der Waals surface area contributed by atoms with Crippen LogP contribution in [0.15, 0.2) is 60.7 Å². The molecule has 0 saturated heterocycles. The van der Waals surface area contributed by atoms with Crippen LogP contribution in [0, 0.1) is 11.8 Å². The molecule has 1 aliphatic carbocycles. The average molecular weight is 457 g/mol. The van der Waals surface area contributed by atoms with Crippen molar-refractivity contribution in [3.63, 3.8) is 0 Å². The van der Waals surface area contributed by atoms with E-state index in [1.165, 1.54) is 24.3 Å². The lowest BCUT2D eigenvalue weighted by Crippen LogP contribution is -2.34. The largest absolute Gasteiger partial charge is 0.481 e. The van der Waals surface area contributed by atoms with Crippen LogP contribution in [-0.4, -0.2) is 35.5 Å². The van der Waals surface area contributed by atoms with E-state index >= 15 is 0 Å². The van der Waals surface area contributed by atoms with Gasteiger partial charge in [0.2, 0.25) is 5.91 Å². The Balaban J connectivity index is 1.51. The molecule has 0 unspecified atom stereocenters. The molecule has 3 N–H and O–H groups in total. The number of aliphatic carboxylic acids is 1. The summed E-state index contributed by atoms with van der Waals surface area (Å²) in [5.41, 5.74) is 1.14. The zero-order valence-electron chi connectivity index (χ0n) is 16.9. The van der Waals surface area contributed by atoms with E-state index in [0.717, 1.165) is 0 Å². The maximum atomic E-state index is 12.5. The standard InChI is InChI=1S/C23H21ClN2O6/c24-15-7-11-16(12-8-15)25-20(27)13-32-23(31)14-5-9-17(10-6-14)26-21(28)18-3-1-2-4-19(18)22(29)30/h1-2,5-12,18-19H,3-4,13H2,(H,25,27)(H,26,28)(H,29,30)/t18-,19+/m0/s1. The lowest BCUT2D eigenvalue weighted by atomic mass is 9.82. The number of carboxylic acid groups (broad SMARTS) is 1. The predicted octanol–water partition coefficient (Wildman–Crippen LogP) is 3.74. The quantitative estimate of drug-likeness (QED) is 0.431. The molecular formula is C23H21ClN2O6. The van der Waals surface area contributed by atoms with E-state index < -0.39 is 42.2 Å². The molecule has 9 heteroatoms. The van der Waals surface area contributed by atoms with Gasteiger partial charge < -0.3 is 20.5 Å². The maximum absolute atomic E-state index is 12.5. The van der Waals surface area contributed by atoms with Gasteiger partial charge in [0.05, 0.1) is 17.4 Å². The van der Waals surface area contributed by atoms with Gasteiger partial charge in [0.25, 0.3) is 5.91 Å². The van der Waals surface area contributed by atoms with Gasteiger partial charge in [-0.05, 0) is 61.4 Å². The number of benzene rings is 2. The highest BCUT2D eigenvalue weighted by Crippen LogP contribution is 2.27. The van der Waals surface area contributed by atoms with Gasteiger partial charge in [0.1, 0.15) is 0 Å². The SMILES string of the molecule is O=C(COC(=O)c1ccc(NC(=O)[C@H]2CC=CC[C@H]2C(=O)O)cc1)Nc1ccc(Cl)cc1. The predicted molar refractivity (Wildman–Crippen MR) is 118 cm³/mol. The third kappa shape index (κ3) is 6.18. The molecule has 2 amide bonds. The summed E-state index contributed by atoms with van der Waals surface area (Å²) in [6.07, 6.45) is 4.22. The number of carbonyl (C=O) groups is 4. The lowest BCUT2D eigenvalue weighted by Gasteiger charge is -2.24. The molecule has 3 rings (SSSR count). The molecule has 0 fully saturated rings. The van der Waals surface area contributed by atoms with E-state index in [4.69, 9.17) is 16.3 Å². The molecule has 0 radical (unpaired) electrons. The van der Waals surface area contributed by atoms with Crippen LogP contribution in [0.5, 0.6) is 0 Å². The molecular weight excluding hydrogens is 436 g/mol. The average Bonchev–Trinajstić information content (AvgIpc) is 2.79. The van der Waals surface area contributed by atoms with Gasteiger partial charge in [0, 0.05) is 16.4 Å². The number of hydrogen-bond acceptors (Lipinski definition) is 5. The topological polar surface area (TPSA) is 122 Å². The number of rotatable bonds is 7. The number of halogens is 1. The Morgan fingerprint density at radius 2 is 1.44 bits per heavy atom. The van der Waals surface area contributed by atoms with Crippen molar-refractivity contribution in [3.05, 3.63) is 71.3 Å². The first-order valence-corrected chi connectivity index (χ1v) is 10.2. The third-order valence-electron chi connectivity index (χ3n) is 4.94. The third-order valence-corrected chi connectivity index (χ3v) is 5.19. The highest BCUT2D eigenvalue weighted by Gasteiger charge is 2.33. The zero-order valence-corrected chi connectivity index (χ0v) is 17.7. The molecule has 166 valence electrons. The summed E-state index contributed by atoms with van der Waals surface area (Å²) >= 11 is 5.78. The number of anilines is 2. The minimum Gasteiger partial charge on any atom is -0.481 e. The molecule has 2 aromatic carbocycles. The molecule has 0 saturated carbocycles. The Kier molecular flexibility index (Phi) is 7.62. The number of esters is 1. The second-order valence-corrected chi connectivity index (χ2v) is 7.63. The number of carbonyl (C=O) groups excluding carboxylic acids is 3. The number of amides is 2. The molecule has 2 atom stereocenters. The normalized spacial score (nSPS) is 17.3. The van der Waals surface area contributed by atoms with Gasteiger partial charge in [-0.15, -0.1) is 0 Å². The van der Waals surface area contributed by atoms with Crippen molar-refractivity contribution in [2.45, 2.75) is 12.8 Å². The van der Waals surface area contributed by atoms with Crippen LogP contribution in [0.3, 0.4) is 0 Å². The lowest BCUT2D eigenvalue weighted by molar-refractivity contribution is -0.146. The summed E-state index contributed by atoms with van der Waals surface area (Å²) in [6.45, 7) is -0.467. The number of allylic oxidation sites excluding steroid dienone is 2. The fraction of sp³-hybridized carbons (Fsp3) is 0.217. The van der Waals surface area contributed by atoms with Gasteiger partial charge in [-0.3, -0.25) is 14.4 Å².